The smallest absolute Gasteiger partial charge is 0.371 e. The highest BCUT2D eigenvalue weighted by molar-refractivity contribution is 7.89. The molecule has 21 heavy (non-hydrogen) atoms. The highest BCUT2D eigenvalue weighted by Gasteiger charge is 2.30. The quantitative estimate of drug-likeness (QED) is 0.854. The number of amides is 1. The van der Waals surface area contributed by atoms with Crippen LogP contribution in [0.4, 0.5) is 0 Å². The number of carboxylic acid groups (broad SMARTS) is 1. The summed E-state index contributed by atoms with van der Waals surface area (Å²) in [5.41, 5.74) is 0. The first-order valence-electron chi connectivity index (χ1n) is 6.41. The van der Waals surface area contributed by atoms with Crippen molar-refractivity contribution in [1.29, 1.82) is 0 Å². The molecule has 1 fully saturated rings. The zero-order valence-electron chi connectivity index (χ0n) is 11.5. The molecule has 0 bridgehead atoms. The average Bonchev–Trinajstić information content (AvgIpc) is 2.77. The zero-order chi connectivity index (χ0) is 15.6. The van der Waals surface area contributed by atoms with E-state index in [-0.39, 0.29) is 19.0 Å². The molecule has 0 unspecified atom stereocenters. The predicted molar refractivity (Wildman–Crippen MR) is 71.3 cm³/mol. The van der Waals surface area contributed by atoms with Gasteiger partial charge < -0.3 is 14.4 Å². The van der Waals surface area contributed by atoms with Gasteiger partial charge in [-0.1, -0.05) is 0 Å². The lowest BCUT2D eigenvalue weighted by Gasteiger charge is -2.19. The predicted octanol–water partition coefficient (Wildman–Crippen LogP) is 0.221. The molecule has 1 aliphatic rings. The Morgan fingerprint density at radius 3 is 2.48 bits per heavy atom. The maximum absolute atomic E-state index is 12.4. The van der Waals surface area contributed by atoms with Crippen LogP contribution in [0.25, 0.3) is 0 Å². The molecule has 1 aromatic rings. The largest absolute Gasteiger partial charge is 0.475 e. The van der Waals surface area contributed by atoms with Gasteiger partial charge in [0, 0.05) is 33.1 Å². The minimum absolute atomic E-state index is 0.0968. The fourth-order valence-electron chi connectivity index (χ4n) is 2.15. The van der Waals surface area contributed by atoms with Crippen LogP contribution < -0.4 is 0 Å². The van der Waals surface area contributed by atoms with Crippen molar-refractivity contribution in [2.24, 2.45) is 0 Å². The third kappa shape index (κ3) is 3.24. The van der Waals surface area contributed by atoms with E-state index in [1.165, 1.54) is 11.2 Å². The second-order valence-corrected chi connectivity index (χ2v) is 6.56. The van der Waals surface area contributed by atoms with Crippen LogP contribution >= 0.6 is 0 Å². The van der Waals surface area contributed by atoms with Crippen molar-refractivity contribution in [3.05, 3.63) is 17.9 Å². The molecule has 0 aliphatic carbocycles. The molecule has 8 nitrogen and oxygen atoms in total. The van der Waals surface area contributed by atoms with Crippen molar-refractivity contribution < 1.29 is 27.5 Å². The van der Waals surface area contributed by atoms with Crippen molar-refractivity contribution >= 4 is 21.9 Å². The van der Waals surface area contributed by atoms with Gasteiger partial charge in [-0.3, -0.25) is 4.79 Å². The number of aromatic carboxylic acids is 1. The van der Waals surface area contributed by atoms with Crippen molar-refractivity contribution in [3.8, 4) is 0 Å². The van der Waals surface area contributed by atoms with Gasteiger partial charge >= 0.3 is 5.97 Å². The number of carboxylic acids is 1. The highest BCUT2D eigenvalue weighted by Crippen LogP contribution is 2.20. The minimum atomic E-state index is -3.88. The van der Waals surface area contributed by atoms with Crippen LogP contribution in [0.3, 0.4) is 0 Å². The van der Waals surface area contributed by atoms with E-state index >= 15 is 0 Å². The molecule has 0 saturated carbocycles. The average molecular weight is 316 g/mol. The number of sulfonamides is 1. The number of hydrogen-bond acceptors (Lipinski definition) is 5. The third-order valence-electron chi connectivity index (χ3n) is 3.29. The van der Waals surface area contributed by atoms with Gasteiger partial charge in [0.25, 0.3) is 10.0 Å². The van der Waals surface area contributed by atoms with Crippen molar-refractivity contribution in [3.63, 3.8) is 0 Å². The molecule has 1 aromatic heterocycles. The van der Waals surface area contributed by atoms with Gasteiger partial charge in [-0.2, -0.15) is 4.31 Å². The van der Waals surface area contributed by atoms with Gasteiger partial charge in [0.05, 0.1) is 0 Å². The van der Waals surface area contributed by atoms with Gasteiger partial charge in [0.15, 0.2) is 0 Å². The second kappa shape index (κ2) is 5.86. The van der Waals surface area contributed by atoms with E-state index in [1.807, 2.05) is 0 Å². The van der Waals surface area contributed by atoms with Crippen LogP contribution in [0.15, 0.2) is 21.6 Å². The first-order chi connectivity index (χ1) is 9.82. The molecule has 0 spiro atoms. The molecular weight excluding hydrogens is 300 g/mol. The standard InChI is InChI=1S/C12H16N2O6S/c1-9(15)13-5-2-6-14(8-7-13)21(18,19)11-4-3-10(20-11)12(16)17/h3-4H,2,5-8H2,1H3,(H,16,17). The van der Waals surface area contributed by atoms with Gasteiger partial charge in [0.1, 0.15) is 0 Å². The van der Waals surface area contributed by atoms with Crippen molar-refractivity contribution in [2.45, 2.75) is 18.4 Å². The van der Waals surface area contributed by atoms with E-state index in [4.69, 9.17) is 9.52 Å². The number of carbonyl (C=O) groups excluding carboxylic acids is 1. The summed E-state index contributed by atoms with van der Waals surface area (Å²) in [6.07, 6.45) is 0.519. The molecule has 116 valence electrons. The van der Waals surface area contributed by atoms with Crippen LogP contribution in [0, 0.1) is 0 Å². The van der Waals surface area contributed by atoms with Crippen LogP contribution in [0.2, 0.25) is 0 Å². The Kier molecular flexibility index (Phi) is 4.33. The molecule has 9 heteroatoms. The molecule has 1 amide bonds. The van der Waals surface area contributed by atoms with Gasteiger partial charge in [-0.05, 0) is 18.6 Å². The van der Waals surface area contributed by atoms with Gasteiger partial charge in [-0.25, -0.2) is 13.2 Å². The summed E-state index contributed by atoms with van der Waals surface area (Å²) in [6.45, 7) is 2.66. The zero-order valence-corrected chi connectivity index (χ0v) is 12.3. The summed E-state index contributed by atoms with van der Waals surface area (Å²) < 4.78 is 30.9. The maximum Gasteiger partial charge on any atom is 0.371 e. The molecule has 1 aliphatic heterocycles. The third-order valence-corrected chi connectivity index (χ3v) is 5.06. The Bertz CT molecular complexity index is 650. The lowest BCUT2D eigenvalue weighted by atomic mass is 10.4. The van der Waals surface area contributed by atoms with E-state index < -0.39 is 26.8 Å². The summed E-state index contributed by atoms with van der Waals surface area (Å²) in [7, 11) is -3.88. The normalized spacial score (nSPS) is 17.5. The Balaban J connectivity index is 2.19. The Labute approximate surface area is 122 Å². The molecule has 2 rings (SSSR count). The molecule has 0 aromatic carbocycles. The molecule has 0 atom stereocenters. The van der Waals surface area contributed by atoms with E-state index in [0.29, 0.717) is 19.5 Å². The van der Waals surface area contributed by atoms with Crippen LogP contribution in [-0.4, -0.2) is 60.8 Å². The molecule has 2 heterocycles. The number of carbonyl (C=O) groups is 2. The first-order valence-corrected chi connectivity index (χ1v) is 7.85. The summed E-state index contributed by atoms with van der Waals surface area (Å²) in [6, 6.07) is 2.24. The number of rotatable bonds is 3. The maximum atomic E-state index is 12.4. The Hall–Kier alpha value is -1.87. The van der Waals surface area contributed by atoms with E-state index in [0.717, 1.165) is 12.1 Å². The SMILES string of the molecule is CC(=O)N1CCCN(S(=O)(=O)c2ccc(C(=O)O)o2)CC1. The second-order valence-electron chi connectivity index (χ2n) is 4.69. The lowest BCUT2D eigenvalue weighted by molar-refractivity contribution is -0.128. The van der Waals surface area contributed by atoms with Crippen molar-refractivity contribution in [1.82, 2.24) is 9.21 Å². The topological polar surface area (TPSA) is 108 Å². The summed E-state index contributed by atoms with van der Waals surface area (Å²) >= 11 is 0. The monoisotopic (exact) mass is 316 g/mol. The van der Waals surface area contributed by atoms with Crippen molar-refractivity contribution in [2.75, 3.05) is 26.2 Å². The van der Waals surface area contributed by atoms with Crippen LogP contribution in [0.5, 0.6) is 0 Å². The minimum Gasteiger partial charge on any atom is -0.475 e. The molecule has 1 saturated heterocycles. The Morgan fingerprint density at radius 1 is 1.19 bits per heavy atom. The van der Waals surface area contributed by atoms with Crippen LogP contribution in [-0.2, 0) is 14.8 Å². The molecule has 0 radical (unpaired) electrons. The summed E-state index contributed by atoms with van der Waals surface area (Å²) in [4.78, 5) is 23.7. The van der Waals surface area contributed by atoms with E-state index in [1.54, 1.807) is 4.90 Å². The Morgan fingerprint density at radius 2 is 1.90 bits per heavy atom. The number of hydrogen-bond donors (Lipinski definition) is 1. The summed E-state index contributed by atoms with van der Waals surface area (Å²) in [5.74, 6) is -1.84. The fraction of sp³-hybridized carbons (Fsp3) is 0.500. The van der Waals surface area contributed by atoms with Crippen LogP contribution in [0.1, 0.15) is 23.9 Å². The first kappa shape index (κ1) is 15.5. The highest BCUT2D eigenvalue weighted by atomic mass is 32.2. The van der Waals surface area contributed by atoms with E-state index in [2.05, 4.69) is 0 Å². The summed E-state index contributed by atoms with van der Waals surface area (Å²) in [5, 5.41) is 8.38. The van der Waals surface area contributed by atoms with Gasteiger partial charge in [-0.15, -0.1) is 0 Å². The van der Waals surface area contributed by atoms with E-state index in [9.17, 15) is 18.0 Å². The number of furan rings is 1. The molecular formula is C12H16N2O6S. The van der Waals surface area contributed by atoms with Gasteiger partial charge in [0.2, 0.25) is 16.8 Å². The lowest BCUT2D eigenvalue weighted by Crippen LogP contribution is -2.36. The molecule has 1 N–H and O–H groups in total. The fourth-order valence-corrected chi connectivity index (χ4v) is 3.53. The number of nitrogens with zero attached hydrogens (tertiary/aromatic N) is 2.